The number of nitrogens with one attached hydrogen (secondary N) is 1. The van der Waals surface area contributed by atoms with E-state index in [0.717, 1.165) is 17.7 Å². The fourth-order valence-corrected chi connectivity index (χ4v) is 4.39. The Labute approximate surface area is 210 Å². The number of rotatable bonds is 4. The van der Waals surface area contributed by atoms with E-state index in [2.05, 4.69) is 48.5 Å². The summed E-state index contributed by atoms with van der Waals surface area (Å²) < 4.78 is 15.9. The third-order valence-corrected chi connectivity index (χ3v) is 6.06. The van der Waals surface area contributed by atoms with Crippen molar-refractivity contribution in [3.8, 4) is 5.88 Å². The van der Waals surface area contributed by atoms with Crippen molar-refractivity contribution in [1.29, 1.82) is 0 Å². The fourth-order valence-electron chi connectivity index (χ4n) is 4.23. The van der Waals surface area contributed by atoms with Crippen LogP contribution in [0.1, 0.15) is 45.2 Å². The Balaban J connectivity index is 1.70. The van der Waals surface area contributed by atoms with Gasteiger partial charge in [0.15, 0.2) is 5.69 Å². The van der Waals surface area contributed by atoms with Gasteiger partial charge in [0.05, 0.1) is 12.1 Å². The molecule has 1 heterocycles. The second-order valence-corrected chi connectivity index (χ2v) is 10.1. The van der Waals surface area contributed by atoms with Crippen molar-refractivity contribution < 1.29 is 9.50 Å². The second kappa shape index (κ2) is 9.96. The Bertz CT molecular complexity index is 1410. The number of allylic oxidation sites excluding steroid dienone is 5. The summed E-state index contributed by atoms with van der Waals surface area (Å²) in [5.41, 5.74) is 4.99. The van der Waals surface area contributed by atoms with Gasteiger partial charge in [-0.05, 0) is 72.5 Å². The molecule has 0 saturated heterocycles. The van der Waals surface area contributed by atoms with Crippen LogP contribution < -0.4 is 5.32 Å². The molecule has 3 aromatic rings. The first-order valence-electron chi connectivity index (χ1n) is 11.5. The van der Waals surface area contributed by atoms with Crippen molar-refractivity contribution >= 4 is 33.9 Å². The van der Waals surface area contributed by atoms with Gasteiger partial charge in [-0.1, -0.05) is 62.8 Å². The average molecular weight is 489 g/mol. The number of aromatic hydroxyl groups is 1. The van der Waals surface area contributed by atoms with Gasteiger partial charge in [-0.25, -0.2) is 4.39 Å². The van der Waals surface area contributed by atoms with Crippen molar-refractivity contribution in [3.63, 3.8) is 0 Å². The molecule has 0 spiro atoms. The normalized spacial score (nSPS) is 14.2. The lowest BCUT2D eigenvalue weighted by Gasteiger charge is -2.23. The van der Waals surface area contributed by atoms with Crippen LogP contribution in [-0.4, -0.2) is 14.8 Å². The molecule has 0 saturated carbocycles. The highest BCUT2D eigenvalue weighted by atomic mass is 32.1. The summed E-state index contributed by atoms with van der Waals surface area (Å²) >= 11 is 5.35. The topological polar surface area (TPSA) is 61.9 Å². The molecule has 1 aliphatic carbocycles. The predicted octanol–water partition coefficient (Wildman–Crippen LogP) is 7.58. The average Bonchev–Trinajstić information content (AvgIpc) is 2.91. The largest absolute Gasteiger partial charge is 0.493 e. The molecule has 7 heteroatoms. The maximum atomic E-state index is 14.2. The van der Waals surface area contributed by atoms with Gasteiger partial charge in [0.25, 0.3) is 0 Å². The minimum Gasteiger partial charge on any atom is -0.493 e. The Morgan fingerprint density at radius 1 is 1.20 bits per heavy atom. The SMILES string of the molecule is CC1=CC(NC(=S)N=Nc2c(O)n(Cc3ccccc3C(C)(C)C)c3ccc(F)cc23)=CC=CC1. The molecule has 4 rings (SSSR count). The predicted molar refractivity (Wildman–Crippen MR) is 144 cm³/mol. The number of hydrogen-bond acceptors (Lipinski definition) is 3. The smallest absolute Gasteiger partial charge is 0.221 e. The fraction of sp³-hybridized carbons (Fsp3) is 0.250. The number of nitrogens with zero attached hydrogens (tertiary/aromatic N) is 3. The molecule has 35 heavy (non-hydrogen) atoms. The van der Waals surface area contributed by atoms with E-state index < -0.39 is 5.82 Å². The van der Waals surface area contributed by atoms with E-state index in [0.29, 0.717) is 17.4 Å². The van der Waals surface area contributed by atoms with E-state index in [9.17, 15) is 9.50 Å². The molecule has 0 aliphatic heterocycles. The van der Waals surface area contributed by atoms with E-state index in [1.807, 2.05) is 43.4 Å². The third kappa shape index (κ3) is 5.57. The number of aromatic nitrogens is 1. The van der Waals surface area contributed by atoms with E-state index in [-0.39, 0.29) is 22.1 Å². The lowest BCUT2D eigenvalue weighted by molar-refractivity contribution is 0.428. The van der Waals surface area contributed by atoms with Crippen molar-refractivity contribution in [2.24, 2.45) is 10.2 Å². The monoisotopic (exact) mass is 488 g/mol. The van der Waals surface area contributed by atoms with E-state index in [1.165, 1.54) is 23.3 Å². The first kappa shape index (κ1) is 24.5. The van der Waals surface area contributed by atoms with Crippen molar-refractivity contribution in [2.45, 2.75) is 46.1 Å². The first-order chi connectivity index (χ1) is 16.6. The molecule has 0 amide bonds. The van der Waals surface area contributed by atoms with Crippen LogP contribution in [0.15, 0.2) is 88.3 Å². The molecule has 0 radical (unpaired) electrons. The number of fused-ring (bicyclic) bond motifs is 1. The van der Waals surface area contributed by atoms with E-state index in [4.69, 9.17) is 12.2 Å². The number of halogens is 1. The van der Waals surface area contributed by atoms with Crippen LogP contribution in [-0.2, 0) is 12.0 Å². The van der Waals surface area contributed by atoms with Crippen molar-refractivity contribution in [3.05, 3.63) is 95.0 Å². The number of hydrogen-bond donors (Lipinski definition) is 2. The molecule has 1 aromatic heterocycles. The summed E-state index contributed by atoms with van der Waals surface area (Å²) in [5.74, 6) is -0.508. The molecule has 180 valence electrons. The maximum Gasteiger partial charge on any atom is 0.221 e. The molecule has 0 unspecified atom stereocenters. The van der Waals surface area contributed by atoms with Crippen LogP contribution in [0, 0.1) is 5.82 Å². The Morgan fingerprint density at radius 2 is 1.97 bits per heavy atom. The van der Waals surface area contributed by atoms with Crippen LogP contribution in [0.4, 0.5) is 10.1 Å². The summed E-state index contributed by atoms with van der Waals surface area (Å²) in [6.45, 7) is 8.90. The van der Waals surface area contributed by atoms with Gasteiger partial charge in [0, 0.05) is 11.1 Å². The summed E-state index contributed by atoms with van der Waals surface area (Å²) in [7, 11) is 0. The van der Waals surface area contributed by atoms with Crippen LogP contribution in [0.5, 0.6) is 5.88 Å². The van der Waals surface area contributed by atoms with Crippen molar-refractivity contribution in [2.75, 3.05) is 0 Å². The minimum atomic E-state index is -0.419. The molecule has 0 bridgehead atoms. The molecule has 2 aromatic carbocycles. The zero-order valence-electron chi connectivity index (χ0n) is 20.3. The second-order valence-electron chi connectivity index (χ2n) is 9.70. The summed E-state index contributed by atoms with van der Waals surface area (Å²) in [4.78, 5) is 0. The zero-order valence-corrected chi connectivity index (χ0v) is 21.2. The van der Waals surface area contributed by atoms with Gasteiger partial charge in [-0.2, -0.15) is 0 Å². The molecule has 0 atom stereocenters. The highest BCUT2D eigenvalue weighted by Gasteiger charge is 2.22. The Morgan fingerprint density at radius 3 is 2.74 bits per heavy atom. The molecular formula is C28H29FN4OS. The molecule has 0 fully saturated rings. The summed E-state index contributed by atoms with van der Waals surface area (Å²) in [6, 6.07) is 12.5. The molecular weight excluding hydrogens is 459 g/mol. The van der Waals surface area contributed by atoms with Crippen LogP contribution in [0.3, 0.4) is 0 Å². The number of azo groups is 1. The third-order valence-electron chi connectivity index (χ3n) is 5.87. The van der Waals surface area contributed by atoms with Gasteiger partial charge >= 0.3 is 0 Å². The minimum absolute atomic E-state index is 0.0731. The van der Waals surface area contributed by atoms with Gasteiger partial charge in [-0.15, -0.1) is 10.2 Å². The number of thiocarbonyl (C=S) groups is 1. The van der Waals surface area contributed by atoms with Gasteiger partial charge in [-0.3, -0.25) is 0 Å². The lowest BCUT2D eigenvalue weighted by atomic mass is 9.84. The van der Waals surface area contributed by atoms with Gasteiger partial charge in [0.2, 0.25) is 11.0 Å². The molecule has 1 aliphatic rings. The van der Waals surface area contributed by atoms with Crippen LogP contribution >= 0.6 is 12.2 Å². The lowest BCUT2D eigenvalue weighted by Crippen LogP contribution is -2.17. The summed E-state index contributed by atoms with van der Waals surface area (Å²) in [6.07, 6.45) is 8.78. The molecule has 2 N–H and O–H groups in total. The standard InChI is InChI=1S/C28H29FN4OS/c1-18-9-5-7-11-21(15-18)30-27(35)32-31-25-22-16-20(29)13-14-24(22)33(26(25)34)17-19-10-6-8-12-23(19)28(2,3)4/h5-8,10-16,34H,9,17H2,1-4H3,(H,30,35). The number of benzene rings is 2. The highest BCUT2D eigenvalue weighted by molar-refractivity contribution is 7.80. The van der Waals surface area contributed by atoms with E-state index in [1.54, 1.807) is 10.6 Å². The molecule has 5 nitrogen and oxygen atoms in total. The van der Waals surface area contributed by atoms with Crippen molar-refractivity contribution in [1.82, 2.24) is 9.88 Å². The van der Waals surface area contributed by atoms with Crippen LogP contribution in [0.2, 0.25) is 0 Å². The van der Waals surface area contributed by atoms with Gasteiger partial charge in [0.1, 0.15) is 5.82 Å². The Hall–Kier alpha value is -3.58. The van der Waals surface area contributed by atoms with Crippen LogP contribution in [0.25, 0.3) is 10.9 Å². The first-order valence-corrected chi connectivity index (χ1v) is 11.9. The Kier molecular flexibility index (Phi) is 6.98. The quantitative estimate of drug-likeness (QED) is 0.294. The van der Waals surface area contributed by atoms with Gasteiger partial charge < -0.3 is 15.0 Å². The summed E-state index contributed by atoms with van der Waals surface area (Å²) in [5, 5.41) is 23.2. The maximum absolute atomic E-state index is 14.2. The van der Waals surface area contributed by atoms with E-state index >= 15 is 0 Å². The highest BCUT2D eigenvalue weighted by Crippen LogP contribution is 2.40. The zero-order chi connectivity index (χ0) is 25.2.